The second kappa shape index (κ2) is 4.91. The largest absolute Gasteiger partial charge is 0.399 e. The number of nitrogens with two attached hydrogens (primary N) is 2. The van der Waals surface area contributed by atoms with Crippen LogP contribution in [0.1, 0.15) is 13.3 Å². The number of nitrogen functional groups attached to an aromatic ring is 1. The first kappa shape index (κ1) is 15.1. The van der Waals surface area contributed by atoms with Gasteiger partial charge in [0.2, 0.25) is 15.9 Å². The lowest BCUT2D eigenvalue weighted by atomic mass is 9.89. The molecule has 1 aromatic carbocycles. The summed E-state index contributed by atoms with van der Waals surface area (Å²) >= 11 is 5.94. The molecule has 1 saturated heterocycles. The number of primary amides is 1. The van der Waals surface area contributed by atoms with Crippen molar-refractivity contribution in [3.8, 4) is 0 Å². The molecule has 1 aliphatic rings. The van der Waals surface area contributed by atoms with Gasteiger partial charge in [-0.15, -0.1) is 0 Å². The quantitative estimate of drug-likeness (QED) is 0.804. The van der Waals surface area contributed by atoms with Gasteiger partial charge in [0.05, 0.1) is 10.4 Å². The highest BCUT2D eigenvalue weighted by Gasteiger charge is 2.44. The molecule has 1 heterocycles. The molecule has 0 spiro atoms. The highest BCUT2D eigenvalue weighted by Crippen LogP contribution is 2.35. The van der Waals surface area contributed by atoms with Crippen molar-refractivity contribution < 1.29 is 13.2 Å². The Labute approximate surface area is 122 Å². The number of amides is 1. The van der Waals surface area contributed by atoms with Gasteiger partial charge < -0.3 is 11.5 Å². The van der Waals surface area contributed by atoms with Crippen LogP contribution in [0.25, 0.3) is 0 Å². The second-order valence-electron chi connectivity index (χ2n) is 5.20. The Morgan fingerprint density at radius 2 is 2.10 bits per heavy atom. The van der Waals surface area contributed by atoms with E-state index >= 15 is 0 Å². The molecule has 0 radical (unpaired) electrons. The summed E-state index contributed by atoms with van der Waals surface area (Å²) < 4.78 is 26.3. The number of hydrogen-bond donors (Lipinski definition) is 2. The molecule has 6 nitrogen and oxygen atoms in total. The molecule has 20 heavy (non-hydrogen) atoms. The first-order valence-corrected chi connectivity index (χ1v) is 7.84. The van der Waals surface area contributed by atoms with E-state index in [2.05, 4.69) is 0 Å². The minimum atomic E-state index is -3.78. The molecule has 1 aliphatic heterocycles. The molecule has 1 unspecified atom stereocenters. The van der Waals surface area contributed by atoms with E-state index in [1.807, 2.05) is 0 Å². The monoisotopic (exact) mass is 317 g/mol. The van der Waals surface area contributed by atoms with Crippen LogP contribution in [-0.4, -0.2) is 31.7 Å². The molecule has 0 bridgehead atoms. The summed E-state index contributed by atoms with van der Waals surface area (Å²) in [5.74, 6) is -0.506. The number of anilines is 1. The van der Waals surface area contributed by atoms with Crippen molar-refractivity contribution in [2.24, 2.45) is 11.1 Å². The number of nitrogens with zero attached hydrogens (tertiary/aromatic N) is 1. The zero-order chi connectivity index (χ0) is 15.1. The van der Waals surface area contributed by atoms with Gasteiger partial charge in [-0.1, -0.05) is 11.6 Å². The van der Waals surface area contributed by atoms with Gasteiger partial charge in [-0.2, -0.15) is 4.31 Å². The Bertz CT molecular complexity index is 662. The highest BCUT2D eigenvalue weighted by atomic mass is 35.5. The van der Waals surface area contributed by atoms with Crippen LogP contribution >= 0.6 is 11.6 Å². The molecule has 1 amide bonds. The van der Waals surface area contributed by atoms with Crippen LogP contribution in [0.3, 0.4) is 0 Å². The van der Waals surface area contributed by atoms with E-state index in [9.17, 15) is 13.2 Å². The van der Waals surface area contributed by atoms with Crippen LogP contribution in [0, 0.1) is 5.41 Å². The fraction of sp³-hybridized carbons (Fsp3) is 0.417. The van der Waals surface area contributed by atoms with E-state index in [1.165, 1.54) is 22.5 Å². The molecule has 110 valence electrons. The fourth-order valence-electron chi connectivity index (χ4n) is 2.18. The molecule has 4 N–H and O–H groups in total. The Balaban J connectivity index is 2.38. The molecule has 0 saturated carbocycles. The van der Waals surface area contributed by atoms with Crippen molar-refractivity contribution in [3.63, 3.8) is 0 Å². The van der Waals surface area contributed by atoms with Gasteiger partial charge in [0.15, 0.2) is 0 Å². The highest BCUT2D eigenvalue weighted by molar-refractivity contribution is 7.89. The van der Waals surface area contributed by atoms with E-state index < -0.39 is 21.3 Å². The van der Waals surface area contributed by atoms with Gasteiger partial charge in [0.1, 0.15) is 4.90 Å². The zero-order valence-corrected chi connectivity index (χ0v) is 12.5. The molecule has 2 rings (SSSR count). The van der Waals surface area contributed by atoms with E-state index in [-0.39, 0.29) is 23.0 Å². The minimum absolute atomic E-state index is 0.0483. The SMILES string of the molecule is CC1(C(N)=O)CCN(S(=O)(=O)c2cc(N)ccc2Cl)C1. The molecule has 1 atom stereocenters. The standard InChI is InChI=1S/C12H16ClN3O3S/c1-12(11(15)17)4-5-16(7-12)20(18,19)10-6-8(14)2-3-9(10)13/h2-3,6H,4-5,7,14H2,1H3,(H2,15,17). The number of sulfonamides is 1. The van der Waals surface area contributed by atoms with Gasteiger partial charge >= 0.3 is 0 Å². The maximum Gasteiger partial charge on any atom is 0.244 e. The second-order valence-corrected chi connectivity index (χ2v) is 7.52. The fourth-order valence-corrected chi connectivity index (χ4v) is 4.26. The first-order valence-electron chi connectivity index (χ1n) is 6.02. The number of benzene rings is 1. The van der Waals surface area contributed by atoms with E-state index in [0.29, 0.717) is 12.1 Å². The Kier molecular flexibility index (Phi) is 3.70. The third-order valence-corrected chi connectivity index (χ3v) is 5.93. The average Bonchev–Trinajstić information content (AvgIpc) is 2.77. The Hall–Kier alpha value is -1.31. The van der Waals surface area contributed by atoms with Crippen molar-refractivity contribution in [2.75, 3.05) is 18.8 Å². The molecule has 0 aromatic heterocycles. The van der Waals surface area contributed by atoms with Crippen LogP contribution in [0.5, 0.6) is 0 Å². The molecule has 8 heteroatoms. The van der Waals surface area contributed by atoms with Crippen molar-refractivity contribution in [2.45, 2.75) is 18.2 Å². The normalized spacial score (nSPS) is 23.9. The number of halogens is 1. The first-order chi connectivity index (χ1) is 9.17. The van der Waals surface area contributed by atoms with Crippen molar-refractivity contribution in [3.05, 3.63) is 23.2 Å². The molecule has 1 fully saturated rings. The third kappa shape index (κ3) is 2.48. The molecular weight excluding hydrogens is 302 g/mol. The maximum absolute atomic E-state index is 12.6. The van der Waals surface area contributed by atoms with Crippen molar-refractivity contribution in [1.29, 1.82) is 0 Å². The van der Waals surface area contributed by atoms with Gasteiger partial charge in [-0.05, 0) is 31.5 Å². The number of carbonyl (C=O) groups is 1. The van der Waals surface area contributed by atoms with Crippen LogP contribution in [0.15, 0.2) is 23.1 Å². The van der Waals surface area contributed by atoms with Gasteiger partial charge in [-0.25, -0.2) is 8.42 Å². The summed E-state index contributed by atoms with van der Waals surface area (Å²) in [6, 6.07) is 4.28. The van der Waals surface area contributed by atoms with Crippen LogP contribution < -0.4 is 11.5 Å². The summed E-state index contributed by atoms with van der Waals surface area (Å²) in [5.41, 5.74) is 10.4. The topological polar surface area (TPSA) is 106 Å². The Morgan fingerprint density at radius 1 is 1.45 bits per heavy atom. The van der Waals surface area contributed by atoms with E-state index in [0.717, 1.165) is 0 Å². The third-order valence-electron chi connectivity index (χ3n) is 3.61. The summed E-state index contributed by atoms with van der Waals surface area (Å²) in [7, 11) is -3.78. The van der Waals surface area contributed by atoms with Crippen molar-refractivity contribution >= 4 is 33.2 Å². The smallest absolute Gasteiger partial charge is 0.244 e. The summed E-state index contributed by atoms with van der Waals surface area (Å²) in [4.78, 5) is 11.4. The predicted octanol–water partition coefficient (Wildman–Crippen LogP) is 0.808. The van der Waals surface area contributed by atoms with Crippen LogP contribution in [0.4, 0.5) is 5.69 Å². The summed E-state index contributed by atoms with van der Waals surface area (Å²) in [6.45, 7) is 1.94. The van der Waals surface area contributed by atoms with Gasteiger partial charge in [-0.3, -0.25) is 4.79 Å². The molecule has 1 aromatic rings. The lowest BCUT2D eigenvalue weighted by Gasteiger charge is -2.21. The molecule has 0 aliphatic carbocycles. The number of hydrogen-bond acceptors (Lipinski definition) is 4. The van der Waals surface area contributed by atoms with Crippen molar-refractivity contribution in [1.82, 2.24) is 4.31 Å². The molecular formula is C12H16ClN3O3S. The minimum Gasteiger partial charge on any atom is -0.399 e. The average molecular weight is 318 g/mol. The van der Waals surface area contributed by atoms with E-state index in [1.54, 1.807) is 6.92 Å². The lowest BCUT2D eigenvalue weighted by Crippen LogP contribution is -2.38. The maximum atomic E-state index is 12.6. The zero-order valence-electron chi connectivity index (χ0n) is 11.0. The van der Waals surface area contributed by atoms with Gasteiger partial charge in [0, 0.05) is 18.8 Å². The Morgan fingerprint density at radius 3 is 2.65 bits per heavy atom. The summed E-state index contributed by atoms with van der Waals surface area (Å²) in [5, 5.41) is 0.104. The number of rotatable bonds is 3. The number of carbonyl (C=O) groups excluding carboxylic acids is 1. The van der Waals surface area contributed by atoms with Crippen LogP contribution in [0.2, 0.25) is 5.02 Å². The lowest BCUT2D eigenvalue weighted by molar-refractivity contribution is -0.126. The van der Waals surface area contributed by atoms with Gasteiger partial charge in [0.25, 0.3) is 0 Å². The van der Waals surface area contributed by atoms with Crippen LogP contribution in [-0.2, 0) is 14.8 Å². The summed E-state index contributed by atoms with van der Waals surface area (Å²) in [6.07, 6.45) is 0.390. The predicted molar refractivity (Wildman–Crippen MR) is 76.5 cm³/mol. The van der Waals surface area contributed by atoms with E-state index in [4.69, 9.17) is 23.1 Å².